The van der Waals surface area contributed by atoms with Gasteiger partial charge in [-0.2, -0.15) is 5.26 Å². The summed E-state index contributed by atoms with van der Waals surface area (Å²) in [6.45, 7) is 2.22. The third-order valence-corrected chi connectivity index (χ3v) is 5.00. The smallest absolute Gasteiger partial charge is 0.205 e. The zero-order chi connectivity index (χ0) is 18.8. The molecule has 2 aromatic heterocycles. The monoisotopic (exact) mass is 356 g/mol. The molecular formula is C22H20N4O. The Morgan fingerprint density at radius 3 is 2.63 bits per heavy atom. The van der Waals surface area contributed by atoms with Gasteiger partial charge in [-0.05, 0) is 59.2 Å². The third-order valence-electron chi connectivity index (χ3n) is 5.00. The van der Waals surface area contributed by atoms with Crippen LogP contribution >= 0.6 is 0 Å². The van der Waals surface area contributed by atoms with Crippen molar-refractivity contribution in [1.82, 2.24) is 9.97 Å². The number of pyridine rings is 2. The molecule has 2 unspecified atom stereocenters. The lowest BCUT2D eigenvalue weighted by molar-refractivity contribution is 0.268. The molecule has 2 aliphatic rings. The first-order chi connectivity index (χ1) is 13.2. The largest absolute Gasteiger partial charge is 0.440 e. The maximum atomic E-state index is 9.72. The summed E-state index contributed by atoms with van der Waals surface area (Å²) in [6, 6.07) is 10.1. The molecular weight excluding hydrogens is 336 g/mol. The molecule has 2 aromatic rings. The quantitative estimate of drug-likeness (QED) is 0.877. The van der Waals surface area contributed by atoms with Crippen molar-refractivity contribution in [2.75, 3.05) is 0 Å². The predicted molar refractivity (Wildman–Crippen MR) is 103 cm³/mol. The van der Waals surface area contributed by atoms with Crippen molar-refractivity contribution >= 4 is 6.08 Å². The number of nitriles is 1. The first kappa shape index (κ1) is 17.0. The third kappa shape index (κ3) is 3.22. The maximum Gasteiger partial charge on any atom is 0.205 e. The van der Waals surface area contributed by atoms with Crippen molar-refractivity contribution in [2.45, 2.75) is 25.7 Å². The van der Waals surface area contributed by atoms with Crippen LogP contribution in [0.25, 0.3) is 6.08 Å². The lowest BCUT2D eigenvalue weighted by atomic mass is 9.74. The molecule has 2 N–H and O–H groups in total. The molecule has 1 aliphatic heterocycles. The highest BCUT2D eigenvalue weighted by atomic mass is 16.5. The molecule has 0 fully saturated rings. The minimum atomic E-state index is -0.215. The molecule has 5 nitrogen and oxygen atoms in total. The number of aromatic nitrogens is 2. The van der Waals surface area contributed by atoms with Gasteiger partial charge in [0.25, 0.3) is 0 Å². The minimum Gasteiger partial charge on any atom is -0.440 e. The average molecular weight is 356 g/mol. The summed E-state index contributed by atoms with van der Waals surface area (Å²) in [6.07, 6.45) is 11.0. The minimum absolute atomic E-state index is 0.178. The molecule has 27 heavy (non-hydrogen) atoms. The molecule has 2 atom stereocenters. The number of rotatable bonds is 2. The van der Waals surface area contributed by atoms with Crippen LogP contribution < -0.4 is 5.73 Å². The van der Waals surface area contributed by atoms with E-state index < -0.39 is 0 Å². The number of nitrogens with zero attached hydrogens (tertiary/aromatic N) is 3. The Kier molecular flexibility index (Phi) is 4.47. The van der Waals surface area contributed by atoms with Crippen molar-refractivity contribution in [3.8, 4) is 6.07 Å². The summed E-state index contributed by atoms with van der Waals surface area (Å²) in [7, 11) is 0. The van der Waals surface area contributed by atoms with Gasteiger partial charge in [0.2, 0.25) is 5.88 Å². The lowest BCUT2D eigenvalue weighted by Gasteiger charge is -2.35. The molecule has 4 rings (SSSR count). The second-order valence-electron chi connectivity index (χ2n) is 7.03. The van der Waals surface area contributed by atoms with E-state index >= 15 is 0 Å². The van der Waals surface area contributed by atoms with Crippen LogP contribution in [0.4, 0.5) is 0 Å². The van der Waals surface area contributed by atoms with Crippen LogP contribution in [0, 0.1) is 17.2 Å². The Morgan fingerprint density at radius 2 is 1.96 bits per heavy atom. The summed E-state index contributed by atoms with van der Waals surface area (Å²) in [4.78, 5) is 8.43. The summed E-state index contributed by atoms with van der Waals surface area (Å²) < 4.78 is 5.98. The Bertz CT molecular complexity index is 984. The van der Waals surface area contributed by atoms with Crippen LogP contribution in [0.1, 0.15) is 36.8 Å². The molecule has 5 heteroatoms. The molecule has 0 saturated carbocycles. The van der Waals surface area contributed by atoms with E-state index in [-0.39, 0.29) is 11.8 Å². The summed E-state index contributed by atoms with van der Waals surface area (Å²) in [5.74, 6) is 1.19. The fraction of sp³-hybridized carbons (Fsp3) is 0.227. The van der Waals surface area contributed by atoms with E-state index in [2.05, 4.69) is 29.0 Å². The highest BCUT2D eigenvalue weighted by Gasteiger charge is 2.37. The van der Waals surface area contributed by atoms with Crippen molar-refractivity contribution in [1.29, 1.82) is 5.26 Å². The van der Waals surface area contributed by atoms with E-state index in [1.165, 1.54) is 0 Å². The zero-order valence-electron chi connectivity index (χ0n) is 15.1. The van der Waals surface area contributed by atoms with Gasteiger partial charge in [0, 0.05) is 24.8 Å². The van der Waals surface area contributed by atoms with Crippen molar-refractivity contribution in [2.24, 2.45) is 11.7 Å². The molecule has 134 valence electrons. The molecule has 3 heterocycles. The van der Waals surface area contributed by atoms with Gasteiger partial charge in [0.1, 0.15) is 17.4 Å². The Morgan fingerprint density at radius 1 is 1.19 bits per heavy atom. The number of hydrogen-bond donors (Lipinski definition) is 1. The van der Waals surface area contributed by atoms with Gasteiger partial charge < -0.3 is 10.5 Å². The molecule has 1 aliphatic carbocycles. The summed E-state index contributed by atoms with van der Waals surface area (Å²) in [5.41, 5.74) is 10.8. The Hall–Kier alpha value is -3.39. The summed E-state index contributed by atoms with van der Waals surface area (Å²) >= 11 is 0. The van der Waals surface area contributed by atoms with Crippen LogP contribution in [0.2, 0.25) is 0 Å². The molecule has 0 bridgehead atoms. The number of nitrogens with two attached hydrogens (primary N) is 1. The first-order valence-corrected chi connectivity index (χ1v) is 8.99. The summed E-state index contributed by atoms with van der Waals surface area (Å²) in [5, 5.41) is 9.72. The maximum absolute atomic E-state index is 9.72. The van der Waals surface area contributed by atoms with Gasteiger partial charge in [-0.15, -0.1) is 0 Å². The number of ether oxygens (including phenoxy) is 1. The van der Waals surface area contributed by atoms with Crippen LogP contribution in [-0.2, 0) is 4.74 Å². The van der Waals surface area contributed by atoms with Crippen molar-refractivity contribution in [3.05, 3.63) is 88.5 Å². The van der Waals surface area contributed by atoms with Crippen molar-refractivity contribution in [3.63, 3.8) is 0 Å². The molecule has 0 spiro atoms. The van der Waals surface area contributed by atoms with Gasteiger partial charge in [0.05, 0.1) is 5.92 Å². The van der Waals surface area contributed by atoms with E-state index in [0.29, 0.717) is 11.5 Å². The van der Waals surface area contributed by atoms with Gasteiger partial charge in [-0.1, -0.05) is 19.1 Å². The average Bonchev–Trinajstić information content (AvgIpc) is 2.69. The van der Waals surface area contributed by atoms with Gasteiger partial charge in [0.15, 0.2) is 0 Å². The van der Waals surface area contributed by atoms with Crippen molar-refractivity contribution < 1.29 is 4.74 Å². The second kappa shape index (κ2) is 7.08. The molecule has 0 radical (unpaired) electrons. The van der Waals surface area contributed by atoms with Crippen LogP contribution in [-0.4, -0.2) is 9.97 Å². The zero-order valence-corrected chi connectivity index (χ0v) is 15.1. The van der Waals surface area contributed by atoms with Crippen LogP contribution in [0.3, 0.4) is 0 Å². The molecule has 0 amide bonds. The predicted octanol–water partition coefficient (Wildman–Crippen LogP) is 4.05. The Labute approximate surface area is 158 Å². The first-order valence-electron chi connectivity index (χ1n) is 8.99. The van der Waals surface area contributed by atoms with E-state index in [0.717, 1.165) is 40.9 Å². The SMILES string of the molecule is CC1CC2=C(OC(N)=C(C#N)C2c2cccnc2)/C(=C/c2cccnc2)C1. The van der Waals surface area contributed by atoms with E-state index in [9.17, 15) is 5.26 Å². The molecule has 0 aromatic carbocycles. The highest BCUT2D eigenvalue weighted by Crippen LogP contribution is 2.48. The van der Waals surface area contributed by atoms with E-state index in [1.807, 2.05) is 30.5 Å². The highest BCUT2D eigenvalue weighted by molar-refractivity contribution is 5.61. The Balaban J connectivity index is 1.87. The fourth-order valence-corrected chi connectivity index (χ4v) is 3.90. The van der Waals surface area contributed by atoms with Crippen LogP contribution in [0.5, 0.6) is 0 Å². The standard InChI is InChI=1S/C22H20N4O/c1-14-8-17(10-15-4-2-6-25-12-15)21-18(9-14)20(16-5-3-7-26-13-16)19(11-23)22(24)27-21/h2-7,10,12-14,20H,8-9,24H2,1H3/b17-10+. The van der Waals surface area contributed by atoms with Gasteiger partial charge in [-0.3, -0.25) is 9.97 Å². The fourth-order valence-electron chi connectivity index (χ4n) is 3.90. The van der Waals surface area contributed by atoms with E-state index in [4.69, 9.17) is 10.5 Å². The van der Waals surface area contributed by atoms with Gasteiger partial charge >= 0.3 is 0 Å². The normalized spacial score (nSPS) is 23.6. The van der Waals surface area contributed by atoms with E-state index in [1.54, 1.807) is 18.6 Å². The van der Waals surface area contributed by atoms with Crippen LogP contribution in [0.15, 0.2) is 77.4 Å². The number of hydrogen-bond acceptors (Lipinski definition) is 5. The molecule has 0 saturated heterocycles. The lowest BCUT2D eigenvalue weighted by Crippen LogP contribution is -2.26. The topological polar surface area (TPSA) is 84.8 Å². The number of allylic oxidation sites excluding steroid dienone is 3. The van der Waals surface area contributed by atoms with Gasteiger partial charge in [-0.25, -0.2) is 0 Å². The second-order valence-corrected chi connectivity index (χ2v) is 7.03.